The molecule has 0 bridgehead atoms. The standard InChI is InChI=1S/C20H21FN4OS/c1-12-17(25-6-7-27-20(25)22-12)19(26)24-10-14-9-23(2)18(16(14)11-24)13-4-3-5-15(21)8-13/h3-8,14,16,18H,9-11H2,1-2H3/t14-,16+,18-/m0/s1. The minimum atomic E-state index is -0.204. The van der Waals surface area contributed by atoms with Crippen LogP contribution in [0.15, 0.2) is 35.8 Å². The fourth-order valence-electron chi connectivity index (χ4n) is 4.92. The molecule has 7 heteroatoms. The number of benzene rings is 1. The summed E-state index contributed by atoms with van der Waals surface area (Å²) in [5.74, 6) is 0.587. The van der Waals surface area contributed by atoms with Crippen molar-refractivity contribution >= 4 is 22.2 Å². The van der Waals surface area contributed by atoms with Crippen LogP contribution in [0.5, 0.6) is 0 Å². The molecule has 2 aliphatic heterocycles. The fraction of sp³-hybridized carbons (Fsp3) is 0.400. The lowest BCUT2D eigenvalue weighted by Gasteiger charge is -2.27. The zero-order valence-corrected chi connectivity index (χ0v) is 16.1. The van der Waals surface area contributed by atoms with Crippen molar-refractivity contribution in [3.63, 3.8) is 0 Å². The minimum Gasteiger partial charge on any atom is -0.337 e. The molecule has 2 fully saturated rings. The average molecular weight is 384 g/mol. The molecule has 140 valence electrons. The van der Waals surface area contributed by atoms with Crippen molar-refractivity contribution in [2.75, 3.05) is 26.7 Å². The maximum atomic E-state index is 13.8. The van der Waals surface area contributed by atoms with Gasteiger partial charge in [-0.1, -0.05) is 12.1 Å². The van der Waals surface area contributed by atoms with E-state index in [9.17, 15) is 9.18 Å². The van der Waals surface area contributed by atoms with Crippen molar-refractivity contribution in [2.45, 2.75) is 13.0 Å². The largest absolute Gasteiger partial charge is 0.337 e. The molecule has 3 atom stereocenters. The second-order valence-electron chi connectivity index (χ2n) is 7.67. The van der Waals surface area contributed by atoms with Crippen LogP contribution in [0.4, 0.5) is 4.39 Å². The van der Waals surface area contributed by atoms with Gasteiger partial charge in [0, 0.05) is 43.2 Å². The van der Waals surface area contributed by atoms with Crippen LogP contribution in [-0.2, 0) is 0 Å². The van der Waals surface area contributed by atoms with E-state index < -0.39 is 0 Å². The Hall–Kier alpha value is -2.25. The number of nitrogens with zero attached hydrogens (tertiary/aromatic N) is 4. The van der Waals surface area contributed by atoms with Crippen molar-refractivity contribution in [2.24, 2.45) is 11.8 Å². The fourth-order valence-corrected chi connectivity index (χ4v) is 5.68. The number of hydrogen-bond acceptors (Lipinski definition) is 4. The summed E-state index contributed by atoms with van der Waals surface area (Å²) < 4.78 is 15.6. The summed E-state index contributed by atoms with van der Waals surface area (Å²) in [6.45, 7) is 4.27. The van der Waals surface area contributed by atoms with E-state index in [4.69, 9.17) is 0 Å². The first-order chi connectivity index (χ1) is 13.0. The number of rotatable bonds is 2. The van der Waals surface area contributed by atoms with Gasteiger partial charge in [0.2, 0.25) is 0 Å². The zero-order valence-electron chi connectivity index (χ0n) is 15.3. The molecule has 1 amide bonds. The third kappa shape index (κ3) is 2.60. The Balaban J connectivity index is 1.43. The van der Waals surface area contributed by atoms with Gasteiger partial charge in [0.1, 0.15) is 11.5 Å². The van der Waals surface area contributed by atoms with E-state index in [1.54, 1.807) is 12.1 Å². The van der Waals surface area contributed by atoms with Crippen LogP contribution in [0.25, 0.3) is 4.96 Å². The molecule has 0 spiro atoms. The van der Waals surface area contributed by atoms with Crippen molar-refractivity contribution < 1.29 is 9.18 Å². The first-order valence-corrected chi connectivity index (χ1v) is 10.1. The summed E-state index contributed by atoms with van der Waals surface area (Å²) in [5.41, 5.74) is 2.45. The molecule has 2 aromatic heterocycles. The lowest BCUT2D eigenvalue weighted by molar-refractivity contribution is 0.0760. The molecular weight excluding hydrogens is 363 g/mol. The maximum absolute atomic E-state index is 13.8. The number of aryl methyl sites for hydroxylation is 1. The van der Waals surface area contributed by atoms with Crippen molar-refractivity contribution in [3.8, 4) is 0 Å². The highest BCUT2D eigenvalue weighted by atomic mass is 32.1. The lowest BCUT2D eigenvalue weighted by Crippen LogP contribution is -2.34. The molecule has 5 nitrogen and oxygen atoms in total. The Kier molecular flexibility index (Phi) is 3.84. The summed E-state index contributed by atoms with van der Waals surface area (Å²) in [6.07, 6.45) is 1.91. The molecule has 5 rings (SSSR count). The van der Waals surface area contributed by atoms with E-state index >= 15 is 0 Å². The minimum absolute atomic E-state index is 0.0495. The van der Waals surface area contributed by atoms with Gasteiger partial charge in [-0.25, -0.2) is 9.37 Å². The van der Waals surface area contributed by atoms with Crippen molar-refractivity contribution in [3.05, 3.63) is 58.6 Å². The number of halogens is 1. The number of carbonyl (C=O) groups excluding carboxylic acids is 1. The third-order valence-corrected chi connectivity index (χ3v) is 6.77. The summed E-state index contributed by atoms with van der Waals surface area (Å²) in [4.78, 5) is 22.9. The second-order valence-corrected chi connectivity index (χ2v) is 8.55. The number of aromatic nitrogens is 2. The van der Waals surface area contributed by atoms with E-state index in [0.717, 1.165) is 29.3 Å². The summed E-state index contributed by atoms with van der Waals surface area (Å²) in [5, 5.41) is 1.95. The number of likely N-dealkylation sites (tertiary alicyclic amines) is 2. The highest BCUT2D eigenvalue weighted by Crippen LogP contribution is 2.44. The first-order valence-electron chi connectivity index (χ1n) is 9.20. The summed E-state index contributed by atoms with van der Waals surface area (Å²) >= 11 is 1.54. The summed E-state index contributed by atoms with van der Waals surface area (Å²) in [6, 6.07) is 7.02. The van der Waals surface area contributed by atoms with Gasteiger partial charge in [-0.05, 0) is 37.6 Å². The number of carbonyl (C=O) groups is 1. The van der Waals surface area contributed by atoms with Crippen LogP contribution in [0, 0.1) is 24.6 Å². The number of hydrogen-bond donors (Lipinski definition) is 0. The van der Waals surface area contributed by atoms with Crippen molar-refractivity contribution in [1.82, 2.24) is 19.2 Å². The molecule has 2 aliphatic rings. The zero-order chi connectivity index (χ0) is 18.7. The average Bonchev–Trinajstić information content (AvgIpc) is 3.34. The Bertz CT molecular complexity index is 1030. The third-order valence-electron chi connectivity index (χ3n) is 6.01. The molecule has 4 heterocycles. The second kappa shape index (κ2) is 6.14. The SMILES string of the molecule is Cc1nc2sccn2c1C(=O)N1C[C@@H]2CN(C)[C@@H](c3cccc(F)c3)[C@@H]2C1. The monoisotopic (exact) mass is 384 g/mol. The normalized spacial score (nSPS) is 25.4. The smallest absolute Gasteiger partial charge is 0.272 e. The van der Waals surface area contributed by atoms with E-state index in [1.165, 1.54) is 17.4 Å². The van der Waals surface area contributed by atoms with Gasteiger partial charge in [-0.3, -0.25) is 14.1 Å². The van der Waals surface area contributed by atoms with E-state index in [0.29, 0.717) is 24.1 Å². The van der Waals surface area contributed by atoms with E-state index in [2.05, 4.69) is 16.9 Å². The molecule has 1 aromatic carbocycles. The predicted octanol–water partition coefficient (Wildman–Crippen LogP) is 3.22. The Morgan fingerprint density at radius 1 is 1.30 bits per heavy atom. The van der Waals surface area contributed by atoms with E-state index in [-0.39, 0.29) is 17.8 Å². The number of imidazole rings is 1. The van der Waals surface area contributed by atoms with Gasteiger partial charge in [0.05, 0.1) is 5.69 Å². The van der Waals surface area contributed by atoms with Gasteiger partial charge in [-0.15, -0.1) is 11.3 Å². The number of thiazole rings is 1. The first kappa shape index (κ1) is 16.9. The molecule has 0 saturated carbocycles. The van der Waals surface area contributed by atoms with Crippen LogP contribution in [0.3, 0.4) is 0 Å². The van der Waals surface area contributed by atoms with Crippen LogP contribution >= 0.6 is 11.3 Å². The topological polar surface area (TPSA) is 40.9 Å². The van der Waals surface area contributed by atoms with Gasteiger partial charge >= 0.3 is 0 Å². The molecule has 0 aliphatic carbocycles. The molecular formula is C20H21FN4OS. The molecule has 0 N–H and O–H groups in total. The van der Waals surface area contributed by atoms with Crippen molar-refractivity contribution in [1.29, 1.82) is 0 Å². The van der Waals surface area contributed by atoms with Gasteiger partial charge < -0.3 is 4.90 Å². The highest BCUT2D eigenvalue weighted by Gasteiger charge is 2.47. The van der Waals surface area contributed by atoms with Crippen LogP contribution in [0.2, 0.25) is 0 Å². The summed E-state index contributed by atoms with van der Waals surface area (Å²) in [7, 11) is 2.09. The molecule has 27 heavy (non-hydrogen) atoms. The van der Waals surface area contributed by atoms with Crippen LogP contribution < -0.4 is 0 Å². The molecule has 0 unspecified atom stereocenters. The molecule has 3 aromatic rings. The Morgan fingerprint density at radius 2 is 2.15 bits per heavy atom. The van der Waals surface area contributed by atoms with Gasteiger partial charge in [0.25, 0.3) is 5.91 Å². The van der Waals surface area contributed by atoms with Crippen LogP contribution in [-0.4, -0.2) is 51.8 Å². The Morgan fingerprint density at radius 3 is 2.96 bits per heavy atom. The van der Waals surface area contributed by atoms with E-state index in [1.807, 2.05) is 33.9 Å². The highest BCUT2D eigenvalue weighted by molar-refractivity contribution is 7.15. The maximum Gasteiger partial charge on any atom is 0.272 e. The number of amides is 1. The quantitative estimate of drug-likeness (QED) is 0.681. The molecule has 0 radical (unpaired) electrons. The van der Waals surface area contributed by atoms with Gasteiger partial charge in [-0.2, -0.15) is 0 Å². The lowest BCUT2D eigenvalue weighted by atomic mass is 9.89. The van der Waals surface area contributed by atoms with Crippen LogP contribution in [0.1, 0.15) is 27.8 Å². The van der Waals surface area contributed by atoms with Gasteiger partial charge in [0.15, 0.2) is 4.96 Å². The Labute approximate surface area is 161 Å². The predicted molar refractivity (Wildman–Crippen MR) is 102 cm³/mol. The number of fused-ring (bicyclic) bond motifs is 2. The molecule has 2 saturated heterocycles.